The molecule has 92 valence electrons. The maximum Gasteiger partial charge on any atom is 0.246 e. The molecule has 17 heavy (non-hydrogen) atoms. The molecular formula is C14H20N2O. The molecule has 1 aromatic carbocycles. The third-order valence-electron chi connectivity index (χ3n) is 3.14. The van der Waals surface area contributed by atoms with Crippen molar-refractivity contribution in [3.8, 4) is 0 Å². The zero-order chi connectivity index (χ0) is 12.4. The molecule has 0 saturated heterocycles. The van der Waals surface area contributed by atoms with Gasteiger partial charge in [0, 0.05) is 6.54 Å². The number of carbonyl (C=O) groups is 1. The average molecular weight is 232 g/mol. The molecule has 0 unspecified atom stereocenters. The van der Waals surface area contributed by atoms with E-state index in [9.17, 15) is 4.79 Å². The van der Waals surface area contributed by atoms with Gasteiger partial charge in [-0.15, -0.1) is 0 Å². The number of nitrogens with zero attached hydrogens (tertiary/aromatic N) is 1. The molecule has 0 saturated carbocycles. The molecule has 0 aliphatic carbocycles. The maximum atomic E-state index is 12.0. The van der Waals surface area contributed by atoms with Crippen LogP contribution in [0.15, 0.2) is 18.2 Å². The van der Waals surface area contributed by atoms with Crippen molar-refractivity contribution in [3.05, 3.63) is 23.8 Å². The lowest BCUT2D eigenvalue weighted by Gasteiger charge is -2.33. The predicted molar refractivity (Wildman–Crippen MR) is 71.7 cm³/mol. The summed E-state index contributed by atoms with van der Waals surface area (Å²) in [4.78, 5) is 13.9. The second-order valence-corrected chi connectivity index (χ2v) is 4.80. The molecule has 0 atom stereocenters. The number of para-hydroxylation sites is 1. The quantitative estimate of drug-likeness (QED) is 0.869. The molecule has 0 radical (unpaired) electrons. The number of carbonyl (C=O) groups excluding carboxylic acids is 1. The lowest BCUT2D eigenvalue weighted by atomic mass is 9.98. The summed E-state index contributed by atoms with van der Waals surface area (Å²) >= 11 is 0. The third-order valence-corrected chi connectivity index (χ3v) is 3.14. The van der Waals surface area contributed by atoms with E-state index in [0.717, 1.165) is 24.3 Å². The molecule has 2 rings (SSSR count). The van der Waals surface area contributed by atoms with Gasteiger partial charge in [0.2, 0.25) is 5.91 Å². The summed E-state index contributed by atoms with van der Waals surface area (Å²) in [6.45, 7) is 7.65. The van der Waals surface area contributed by atoms with Gasteiger partial charge in [0.15, 0.2) is 0 Å². The number of benzene rings is 1. The molecule has 3 heteroatoms. The number of rotatable bonds is 3. The van der Waals surface area contributed by atoms with Crippen molar-refractivity contribution in [2.45, 2.75) is 33.1 Å². The summed E-state index contributed by atoms with van der Waals surface area (Å²) in [5.41, 5.74) is 3.42. The van der Waals surface area contributed by atoms with Crippen molar-refractivity contribution in [2.75, 3.05) is 23.3 Å². The Labute approximate surface area is 103 Å². The Kier molecular flexibility index (Phi) is 3.36. The van der Waals surface area contributed by atoms with E-state index >= 15 is 0 Å². The minimum absolute atomic E-state index is 0.174. The van der Waals surface area contributed by atoms with Crippen LogP contribution in [0.4, 0.5) is 11.4 Å². The largest absolute Gasteiger partial charge is 0.374 e. The highest BCUT2D eigenvalue weighted by atomic mass is 16.2. The lowest BCUT2D eigenvalue weighted by Crippen LogP contribution is -2.41. The first-order chi connectivity index (χ1) is 8.15. The van der Waals surface area contributed by atoms with Gasteiger partial charge in [-0.25, -0.2) is 0 Å². The fourth-order valence-corrected chi connectivity index (χ4v) is 2.32. The summed E-state index contributed by atoms with van der Waals surface area (Å²) in [6, 6.07) is 6.23. The first-order valence-electron chi connectivity index (χ1n) is 6.32. The highest BCUT2D eigenvalue weighted by Crippen LogP contribution is 2.36. The van der Waals surface area contributed by atoms with Crippen LogP contribution < -0.4 is 10.2 Å². The number of amides is 1. The van der Waals surface area contributed by atoms with E-state index in [2.05, 4.69) is 44.3 Å². The van der Waals surface area contributed by atoms with Gasteiger partial charge in [0.1, 0.15) is 0 Å². The van der Waals surface area contributed by atoms with Crippen molar-refractivity contribution < 1.29 is 4.79 Å². The van der Waals surface area contributed by atoms with Gasteiger partial charge in [0.25, 0.3) is 0 Å². The summed E-state index contributed by atoms with van der Waals surface area (Å²) in [6.07, 6.45) is 0.984. The normalized spacial score (nSPS) is 14.8. The van der Waals surface area contributed by atoms with E-state index in [1.807, 2.05) is 4.90 Å². The van der Waals surface area contributed by atoms with Crippen LogP contribution in [0.25, 0.3) is 0 Å². The number of hydrogen-bond acceptors (Lipinski definition) is 2. The van der Waals surface area contributed by atoms with Gasteiger partial charge in [-0.05, 0) is 24.0 Å². The van der Waals surface area contributed by atoms with Crippen LogP contribution in [0.5, 0.6) is 0 Å². The van der Waals surface area contributed by atoms with Crippen LogP contribution in [-0.2, 0) is 4.79 Å². The maximum absolute atomic E-state index is 12.0. The Morgan fingerprint density at radius 1 is 1.41 bits per heavy atom. The first-order valence-corrected chi connectivity index (χ1v) is 6.32. The zero-order valence-corrected chi connectivity index (χ0v) is 10.8. The fourth-order valence-electron chi connectivity index (χ4n) is 2.32. The molecule has 1 aromatic rings. The predicted octanol–water partition coefficient (Wildman–Crippen LogP) is 2.98. The van der Waals surface area contributed by atoms with Crippen LogP contribution in [0.3, 0.4) is 0 Å². The number of fused-ring (bicyclic) bond motifs is 1. The van der Waals surface area contributed by atoms with E-state index in [1.165, 1.54) is 5.56 Å². The summed E-state index contributed by atoms with van der Waals surface area (Å²) in [5, 5.41) is 3.20. The van der Waals surface area contributed by atoms with Crippen LogP contribution in [0.2, 0.25) is 0 Å². The van der Waals surface area contributed by atoms with E-state index < -0.39 is 0 Å². The Bertz CT molecular complexity index is 426. The summed E-state index contributed by atoms with van der Waals surface area (Å²) in [7, 11) is 0. The lowest BCUT2D eigenvalue weighted by molar-refractivity contribution is -0.117. The van der Waals surface area contributed by atoms with Gasteiger partial charge in [-0.2, -0.15) is 0 Å². The Balaban J connectivity index is 2.51. The second kappa shape index (κ2) is 4.78. The molecule has 0 aromatic heterocycles. The first kappa shape index (κ1) is 12.0. The van der Waals surface area contributed by atoms with E-state index in [0.29, 0.717) is 12.5 Å². The molecule has 1 aliphatic heterocycles. The standard InChI is InChI=1S/C14H20N2O/c1-4-8-16-13(17)9-15-12-7-5-6-11(10(2)3)14(12)16/h5-7,10,15H,4,8-9H2,1-3H3. The van der Waals surface area contributed by atoms with Crippen molar-refractivity contribution in [3.63, 3.8) is 0 Å². The van der Waals surface area contributed by atoms with E-state index in [4.69, 9.17) is 0 Å². The second-order valence-electron chi connectivity index (χ2n) is 4.80. The van der Waals surface area contributed by atoms with Crippen molar-refractivity contribution >= 4 is 17.3 Å². The number of nitrogens with one attached hydrogen (secondary N) is 1. The van der Waals surface area contributed by atoms with Gasteiger partial charge in [-0.3, -0.25) is 4.79 Å². The van der Waals surface area contributed by atoms with Gasteiger partial charge in [-0.1, -0.05) is 32.9 Å². The Hall–Kier alpha value is -1.51. The topological polar surface area (TPSA) is 32.3 Å². The highest BCUT2D eigenvalue weighted by Gasteiger charge is 2.26. The van der Waals surface area contributed by atoms with Gasteiger partial charge < -0.3 is 10.2 Å². The fraction of sp³-hybridized carbons (Fsp3) is 0.500. The summed E-state index contributed by atoms with van der Waals surface area (Å²) in [5.74, 6) is 0.601. The Morgan fingerprint density at radius 3 is 2.82 bits per heavy atom. The van der Waals surface area contributed by atoms with Crippen molar-refractivity contribution in [1.29, 1.82) is 0 Å². The average Bonchev–Trinajstić information content (AvgIpc) is 2.32. The number of anilines is 2. The third kappa shape index (κ3) is 2.14. The number of hydrogen-bond donors (Lipinski definition) is 1. The molecule has 1 N–H and O–H groups in total. The minimum Gasteiger partial charge on any atom is -0.374 e. The van der Waals surface area contributed by atoms with Crippen molar-refractivity contribution in [1.82, 2.24) is 0 Å². The molecule has 1 heterocycles. The minimum atomic E-state index is 0.174. The monoisotopic (exact) mass is 232 g/mol. The smallest absolute Gasteiger partial charge is 0.246 e. The zero-order valence-electron chi connectivity index (χ0n) is 10.8. The van der Waals surface area contributed by atoms with Gasteiger partial charge >= 0.3 is 0 Å². The van der Waals surface area contributed by atoms with Gasteiger partial charge in [0.05, 0.1) is 17.9 Å². The van der Waals surface area contributed by atoms with Crippen LogP contribution >= 0.6 is 0 Å². The Morgan fingerprint density at radius 2 is 2.18 bits per heavy atom. The van der Waals surface area contributed by atoms with Crippen LogP contribution in [0.1, 0.15) is 38.7 Å². The molecule has 0 bridgehead atoms. The van der Waals surface area contributed by atoms with Crippen LogP contribution in [0, 0.1) is 0 Å². The van der Waals surface area contributed by atoms with E-state index in [1.54, 1.807) is 0 Å². The molecule has 0 fully saturated rings. The molecule has 1 aliphatic rings. The van der Waals surface area contributed by atoms with Crippen LogP contribution in [-0.4, -0.2) is 19.0 Å². The molecule has 0 spiro atoms. The van der Waals surface area contributed by atoms with Crippen molar-refractivity contribution in [2.24, 2.45) is 0 Å². The highest BCUT2D eigenvalue weighted by molar-refractivity contribution is 6.03. The molecule has 3 nitrogen and oxygen atoms in total. The summed E-state index contributed by atoms with van der Waals surface area (Å²) < 4.78 is 0. The molecular weight excluding hydrogens is 212 g/mol. The molecule has 1 amide bonds. The SMILES string of the molecule is CCCN1C(=O)CNc2cccc(C(C)C)c21. The van der Waals surface area contributed by atoms with E-state index in [-0.39, 0.29) is 5.91 Å².